The molecule has 0 radical (unpaired) electrons. The third kappa shape index (κ3) is 4.48. The molecule has 1 aromatic carbocycles. The van der Waals surface area contributed by atoms with Gasteiger partial charge in [0.1, 0.15) is 13.2 Å². The number of furan rings is 1. The highest BCUT2D eigenvalue weighted by Crippen LogP contribution is 2.32. The fourth-order valence-corrected chi connectivity index (χ4v) is 3.76. The van der Waals surface area contributed by atoms with Crippen LogP contribution in [0.5, 0.6) is 11.5 Å². The number of carbonyl (C=O) groups excluding carboxylic acids is 3. The summed E-state index contributed by atoms with van der Waals surface area (Å²) >= 11 is 0. The van der Waals surface area contributed by atoms with Gasteiger partial charge in [-0.05, 0) is 43.2 Å². The van der Waals surface area contributed by atoms with Crippen LogP contribution >= 0.6 is 0 Å². The van der Waals surface area contributed by atoms with E-state index in [-0.39, 0.29) is 42.2 Å². The molecule has 4 rings (SSSR count). The van der Waals surface area contributed by atoms with E-state index in [1.807, 2.05) is 0 Å². The number of hydrogen-bond acceptors (Lipinski definition) is 6. The lowest BCUT2D eigenvalue weighted by atomic mass is 9.88. The van der Waals surface area contributed by atoms with Crippen molar-refractivity contribution >= 4 is 17.6 Å². The monoisotopic (exact) mass is 412 g/mol. The summed E-state index contributed by atoms with van der Waals surface area (Å²) in [5, 5.41) is 2.67. The quantitative estimate of drug-likeness (QED) is 0.731. The van der Waals surface area contributed by atoms with Crippen LogP contribution in [0, 0.1) is 5.92 Å². The van der Waals surface area contributed by atoms with Crippen molar-refractivity contribution < 1.29 is 28.3 Å². The molecule has 8 nitrogen and oxygen atoms in total. The molecular weight excluding hydrogens is 388 g/mol. The first-order valence-corrected chi connectivity index (χ1v) is 10.1. The second-order valence-electron chi connectivity index (χ2n) is 7.36. The van der Waals surface area contributed by atoms with Crippen molar-refractivity contribution in [1.82, 2.24) is 10.2 Å². The van der Waals surface area contributed by atoms with Crippen molar-refractivity contribution in [2.24, 2.45) is 5.92 Å². The summed E-state index contributed by atoms with van der Waals surface area (Å²) in [6.07, 6.45) is 2.89. The summed E-state index contributed by atoms with van der Waals surface area (Å²) in [5.74, 6) is 1.09. The zero-order valence-corrected chi connectivity index (χ0v) is 16.6. The van der Waals surface area contributed by atoms with Crippen LogP contribution in [-0.2, 0) is 4.79 Å². The van der Waals surface area contributed by atoms with Gasteiger partial charge in [-0.15, -0.1) is 0 Å². The molecular formula is C22H24N2O6. The van der Waals surface area contributed by atoms with Crippen LogP contribution in [0.15, 0.2) is 41.0 Å². The Labute approximate surface area is 174 Å². The Balaban J connectivity index is 1.23. The van der Waals surface area contributed by atoms with E-state index in [1.165, 1.54) is 6.26 Å². The third-order valence-corrected chi connectivity index (χ3v) is 5.41. The van der Waals surface area contributed by atoms with E-state index in [0.717, 1.165) is 0 Å². The first-order valence-electron chi connectivity index (χ1n) is 10.1. The summed E-state index contributed by atoms with van der Waals surface area (Å²) in [4.78, 5) is 38.9. The maximum absolute atomic E-state index is 12.9. The molecule has 0 saturated carbocycles. The molecule has 0 atom stereocenters. The van der Waals surface area contributed by atoms with Crippen molar-refractivity contribution in [1.29, 1.82) is 0 Å². The highest BCUT2D eigenvalue weighted by atomic mass is 16.6. The highest BCUT2D eigenvalue weighted by molar-refractivity contribution is 5.98. The summed E-state index contributed by atoms with van der Waals surface area (Å²) in [5.41, 5.74) is 0.615. The minimum absolute atomic E-state index is 0.0278. The van der Waals surface area contributed by atoms with E-state index in [1.54, 1.807) is 35.2 Å². The number of likely N-dealkylation sites (tertiary alicyclic amines) is 1. The van der Waals surface area contributed by atoms with Gasteiger partial charge in [0.05, 0.1) is 6.26 Å². The number of nitrogens with one attached hydrogen (secondary N) is 1. The molecule has 0 spiro atoms. The van der Waals surface area contributed by atoms with Gasteiger partial charge in [0, 0.05) is 37.5 Å². The Morgan fingerprint density at radius 3 is 2.53 bits per heavy atom. The van der Waals surface area contributed by atoms with E-state index >= 15 is 0 Å². The largest absolute Gasteiger partial charge is 0.486 e. The van der Waals surface area contributed by atoms with E-state index in [2.05, 4.69) is 5.32 Å². The average Bonchev–Trinajstić information content (AvgIpc) is 3.33. The molecule has 2 aliphatic heterocycles. The van der Waals surface area contributed by atoms with Crippen molar-refractivity contribution in [3.63, 3.8) is 0 Å². The Kier molecular flexibility index (Phi) is 6.02. The first kappa shape index (κ1) is 20.0. The van der Waals surface area contributed by atoms with Crippen LogP contribution in [0.3, 0.4) is 0 Å². The first-order chi connectivity index (χ1) is 14.6. The van der Waals surface area contributed by atoms with Gasteiger partial charge < -0.3 is 24.1 Å². The topological polar surface area (TPSA) is 98.1 Å². The van der Waals surface area contributed by atoms with Gasteiger partial charge in [-0.3, -0.25) is 14.4 Å². The number of fused-ring (bicyclic) bond motifs is 1. The molecule has 2 aromatic rings. The fourth-order valence-electron chi connectivity index (χ4n) is 3.76. The number of ketones is 1. The Morgan fingerprint density at radius 1 is 1.03 bits per heavy atom. The minimum atomic E-state index is -0.337. The van der Waals surface area contributed by atoms with E-state index < -0.39 is 0 Å². The molecule has 0 bridgehead atoms. The Hall–Kier alpha value is -3.29. The molecule has 3 heterocycles. The standard InChI is InChI=1S/C22H24N2O6/c25-20(5-8-23-22(27)18-2-1-11-28-18)24-9-6-15(7-10-24)21(26)16-3-4-17-19(14-16)30-13-12-29-17/h1-4,11,14-15H,5-10,12-13H2,(H,23,27). The van der Waals surface area contributed by atoms with E-state index in [0.29, 0.717) is 56.2 Å². The second-order valence-corrected chi connectivity index (χ2v) is 7.36. The van der Waals surface area contributed by atoms with Gasteiger partial charge in [0.25, 0.3) is 5.91 Å². The highest BCUT2D eigenvalue weighted by Gasteiger charge is 2.28. The summed E-state index contributed by atoms with van der Waals surface area (Å²) < 4.78 is 16.1. The molecule has 0 aliphatic carbocycles. The molecule has 2 amide bonds. The van der Waals surface area contributed by atoms with Crippen molar-refractivity contribution in [2.45, 2.75) is 19.3 Å². The zero-order chi connectivity index (χ0) is 20.9. The number of hydrogen-bond donors (Lipinski definition) is 1. The maximum atomic E-state index is 12.9. The predicted octanol–water partition coefficient (Wildman–Crippen LogP) is 2.29. The number of ether oxygens (including phenoxy) is 2. The number of piperidine rings is 1. The van der Waals surface area contributed by atoms with E-state index in [9.17, 15) is 14.4 Å². The second kappa shape index (κ2) is 9.02. The Bertz CT molecular complexity index is 916. The van der Waals surface area contributed by atoms with Crippen molar-refractivity contribution in [2.75, 3.05) is 32.8 Å². The maximum Gasteiger partial charge on any atom is 0.286 e. The predicted molar refractivity (Wildman–Crippen MR) is 107 cm³/mol. The lowest BCUT2D eigenvalue weighted by Crippen LogP contribution is -2.41. The van der Waals surface area contributed by atoms with Gasteiger partial charge in [-0.2, -0.15) is 0 Å². The summed E-state index contributed by atoms with van der Waals surface area (Å²) in [7, 11) is 0. The lowest BCUT2D eigenvalue weighted by Gasteiger charge is -2.31. The number of amides is 2. The summed E-state index contributed by atoms with van der Waals surface area (Å²) in [6.45, 7) is 2.30. The lowest BCUT2D eigenvalue weighted by molar-refractivity contribution is -0.132. The third-order valence-electron chi connectivity index (χ3n) is 5.41. The van der Waals surface area contributed by atoms with Crippen LogP contribution < -0.4 is 14.8 Å². The molecule has 1 saturated heterocycles. The zero-order valence-electron chi connectivity index (χ0n) is 16.6. The van der Waals surface area contributed by atoms with Gasteiger partial charge >= 0.3 is 0 Å². The van der Waals surface area contributed by atoms with Crippen LogP contribution in [0.2, 0.25) is 0 Å². The molecule has 158 valence electrons. The molecule has 1 aromatic heterocycles. The number of nitrogens with zero attached hydrogens (tertiary/aromatic N) is 1. The van der Waals surface area contributed by atoms with Crippen molar-refractivity contribution in [3.05, 3.63) is 47.9 Å². The normalized spacial score (nSPS) is 16.2. The Morgan fingerprint density at radius 2 is 1.80 bits per heavy atom. The minimum Gasteiger partial charge on any atom is -0.486 e. The van der Waals surface area contributed by atoms with Crippen LogP contribution in [0.25, 0.3) is 0 Å². The molecule has 1 N–H and O–H groups in total. The van der Waals surface area contributed by atoms with Gasteiger partial charge in [0.15, 0.2) is 23.0 Å². The molecule has 2 aliphatic rings. The number of rotatable bonds is 6. The van der Waals surface area contributed by atoms with Gasteiger partial charge in [-0.25, -0.2) is 0 Å². The molecule has 8 heteroatoms. The number of Topliss-reactive ketones (excluding diaryl/α,β-unsaturated/α-hetero) is 1. The van der Waals surface area contributed by atoms with Gasteiger partial charge in [0.2, 0.25) is 5.91 Å². The smallest absolute Gasteiger partial charge is 0.286 e. The summed E-state index contributed by atoms with van der Waals surface area (Å²) in [6, 6.07) is 8.50. The molecule has 30 heavy (non-hydrogen) atoms. The molecule has 1 fully saturated rings. The van der Waals surface area contributed by atoms with Crippen molar-refractivity contribution in [3.8, 4) is 11.5 Å². The van der Waals surface area contributed by atoms with Gasteiger partial charge in [-0.1, -0.05) is 0 Å². The van der Waals surface area contributed by atoms with Crippen LogP contribution in [-0.4, -0.2) is 55.3 Å². The van der Waals surface area contributed by atoms with Crippen LogP contribution in [0.1, 0.15) is 40.2 Å². The molecule has 0 unspecified atom stereocenters. The fraction of sp³-hybridized carbons (Fsp3) is 0.409. The SMILES string of the molecule is O=C(NCCC(=O)N1CCC(C(=O)c2ccc3c(c2)OCCO3)CC1)c1ccco1. The average molecular weight is 412 g/mol. The number of benzene rings is 1. The van der Waals surface area contributed by atoms with E-state index in [4.69, 9.17) is 13.9 Å². The number of carbonyl (C=O) groups is 3. The van der Waals surface area contributed by atoms with Crippen LogP contribution in [0.4, 0.5) is 0 Å².